The van der Waals surface area contributed by atoms with Crippen LogP contribution >= 0.6 is 11.8 Å². The fourth-order valence-corrected chi connectivity index (χ4v) is 3.08. The average Bonchev–Trinajstić information content (AvgIpc) is 2.68. The lowest BCUT2D eigenvalue weighted by Gasteiger charge is -2.24. The van der Waals surface area contributed by atoms with Gasteiger partial charge in [0.05, 0.1) is 6.33 Å². The molecule has 78 valence electrons. The zero-order valence-electron chi connectivity index (χ0n) is 8.35. The lowest BCUT2D eigenvalue weighted by molar-refractivity contribution is 0.484. The molecule has 3 nitrogen and oxygen atoms in total. The summed E-state index contributed by atoms with van der Waals surface area (Å²) in [7, 11) is 0. The maximum Gasteiger partial charge on any atom is 0.0951 e. The SMILES string of the molecule is NCCc1cncn1C1CCCSC1. The third kappa shape index (κ3) is 2.12. The molecule has 1 aromatic rings. The molecule has 0 aliphatic carbocycles. The van der Waals surface area contributed by atoms with E-state index < -0.39 is 0 Å². The van der Waals surface area contributed by atoms with E-state index in [0.29, 0.717) is 12.6 Å². The van der Waals surface area contributed by atoms with Crippen LogP contribution < -0.4 is 5.73 Å². The van der Waals surface area contributed by atoms with Gasteiger partial charge in [0.1, 0.15) is 0 Å². The first-order valence-corrected chi connectivity index (χ1v) is 6.36. The van der Waals surface area contributed by atoms with Gasteiger partial charge in [0.25, 0.3) is 0 Å². The van der Waals surface area contributed by atoms with Crippen LogP contribution in [0.2, 0.25) is 0 Å². The molecule has 1 unspecified atom stereocenters. The maximum absolute atomic E-state index is 5.57. The number of imidazole rings is 1. The third-order valence-corrected chi connectivity index (χ3v) is 3.87. The van der Waals surface area contributed by atoms with Crippen molar-refractivity contribution < 1.29 is 0 Å². The zero-order chi connectivity index (χ0) is 9.80. The summed E-state index contributed by atoms with van der Waals surface area (Å²) in [5, 5.41) is 0. The fourth-order valence-electron chi connectivity index (χ4n) is 1.95. The summed E-state index contributed by atoms with van der Waals surface area (Å²) in [6, 6.07) is 0.651. The van der Waals surface area contributed by atoms with E-state index in [1.54, 1.807) is 0 Å². The molecule has 2 N–H and O–H groups in total. The van der Waals surface area contributed by atoms with Gasteiger partial charge in [0, 0.05) is 30.1 Å². The number of nitrogens with zero attached hydrogens (tertiary/aromatic N) is 2. The second kappa shape index (κ2) is 4.84. The summed E-state index contributed by atoms with van der Waals surface area (Å²) >= 11 is 2.05. The Balaban J connectivity index is 2.09. The molecule has 14 heavy (non-hydrogen) atoms. The minimum Gasteiger partial charge on any atom is -0.331 e. The zero-order valence-corrected chi connectivity index (χ0v) is 9.17. The maximum atomic E-state index is 5.57. The van der Waals surface area contributed by atoms with Crippen LogP contribution in [-0.4, -0.2) is 27.6 Å². The van der Waals surface area contributed by atoms with Crippen LogP contribution in [0.1, 0.15) is 24.6 Å². The molecule has 0 spiro atoms. The number of rotatable bonds is 3. The van der Waals surface area contributed by atoms with Gasteiger partial charge in [-0.05, 0) is 25.1 Å². The smallest absolute Gasteiger partial charge is 0.0951 e. The van der Waals surface area contributed by atoms with Gasteiger partial charge in [0.15, 0.2) is 0 Å². The first-order chi connectivity index (χ1) is 6.92. The van der Waals surface area contributed by atoms with Crippen molar-refractivity contribution in [2.45, 2.75) is 25.3 Å². The van der Waals surface area contributed by atoms with E-state index in [1.807, 2.05) is 24.3 Å². The Morgan fingerprint density at radius 2 is 2.57 bits per heavy atom. The van der Waals surface area contributed by atoms with Gasteiger partial charge >= 0.3 is 0 Å². The van der Waals surface area contributed by atoms with Crippen molar-refractivity contribution in [3.63, 3.8) is 0 Å². The first-order valence-electron chi connectivity index (χ1n) is 5.20. The number of thioether (sulfide) groups is 1. The van der Waals surface area contributed by atoms with Crippen LogP contribution in [0.5, 0.6) is 0 Å². The summed E-state index contributed by atoms with van der Waals surface area (Å²) in [5.41, 5.74) is 6.86. The molecule has 2 rings (SSSR count). The summed E-state index contributed by atoms with van der Waals surface area (Å²) in [6.45, 7) is 0.714. The third-order valence-electron chi connectivity index (χ3n) is 2.68. The Morgan fingerprint density at radius 3 is 3.29 bits per heavy atom. The Labute approximate surface area is 89.1 Å². The van der Waals surface area contributed by atoms with Gasteiger partial charge in [-0.1, -0.05) is 0 Å². The number of aromatic nitrogens is 2. The summed E-state index contributed by atoms with van der Waals surface area (Å²) < 4.78 is 2.32. The Bertz CT molecular complexity index is 279. The molecular weight excluding hydrogens is 194 g/mol. The predicted octanol–water partition coefficient (Wildman–Crippen LogP) is 1.45. The van der Waals surface area contributed by atoms with E-state index >= 15 is 0 Å². The second-order valence-corrected chi connectivity index (χ2v) is 4.85. The van der Waals surface area contributed by atoms with Crippen molar-refractivity contribution in [3.05, 3.63) is 18.2 Å². The molecule has 1 saturated heterocycles. The van der Waals surface area contributed by atoms with E-state index in [0.717, 1.165) is 6.42 Å². The Morgan fingerprint density at radius 1 is 1.64 bits per heavy atom. The van der Waals surface area contributed by atoms with Crippen LogP contribution in [0.4, 0.5) is 0 Å². The topological polar surface area (TPSA) is 43.8 Å². The number of nitrogens with two attached hydrogens (primary N) is 1. The average molecular weight is 211 g/mol. The first kappa shape index (κ1) is 10.1. The summed E-state index contributed by atoms with van der Waals surface area (Å²) in [6.07, 6.45) is 7.48. The normalized spacial score (nSPS) is 22.5. The van der Waals surface area contributed by atoms with Gasteiger partial charge in [-0.25, -0.2) is 4.98 Å². The molecule has 0 bridgehead atoms. The van der Waals surface area contributed by atoms with Gasteiger partial charge in [0.2, 0.25) is 0 Å². The molecule has 1 aromatic heterocycles. The fraction of sp³-hybridized carbons (Fsp3) is 0.700. The predicted molar refractivity (Wildman–Crippen MR) is 60.6 cm³/mol. The molecular formula is C10H17N3S. The lowest BCUT2D eigenvalue weighted by atomic mass is 10.1. The van der Waals surface area contributed by atoms with Crippen molar-refractivity contribution >= 4 is 11.8 Å². The van der Waals surface area contributed by atoms with Crippen LogP contribution in [-0.2, 0) is 6.42 Å². The van der Waals surface area contributed by atoms with Crippen molar-refractivity contribution in [2.24, 2.45) is 5.73 Å². The highest BCUT2D eigenvalue weighted by atomic mass is 32.2. The van der Waals surface area contributed by atoms with Gasteiger partial charge < -0.3 is 10.3 Å². The highest BCUT2D eigenvalue weighted by Gasteiger charge is 2.17. The van der Waals surface area contributed by atoms with Crippen LogP contribution in [0.15, 0.2) is 12.5 Å². The molecule has 0 amide bonds. The minimum absolute atomic E-state index is 0.651. The number of hydrogen-bond donors (Lipinski definition) is 1. The highest BCUT2D eigenvalue weighted by Crippen LogP contribution is 2.27. The van der Waals surface area contributed by atoms with Crippen molar-refractivity contribution in [1.29, 1.82) is 0 Å². The van der Waals surface area contributed by atoms with E-state index in [1.165, 1.54) is 30.0 Å². The quantitative estimate of drug-likeness (QED) is 0.823. The molecule has 1 atom stereocenters. The van der Waals surface area contributed by atoms with Crippen molar-refractivity contribution in [3.8, 4) is 0 Å². The molecule has 1 aliphatic heterocycles. The van der Waals surface area contributed by atoms with Crippen LogP contribution in [0, 0.1) is 0 Å². The lowest BCUT2D eigenvalue weighted by Crippen LogP contribution is -2.18. The van der Waals surface area contributed by atoms with Gasteiger partial charge in [-0.15, -0.1) is 0 Å². The molecule has 0 radical (unpaired) electrons. The van der Waals surface area contributed by atoms with Gasteiger partial charge in [-0.3, -0.25) is 0 Å². The van der Waals surface area contributed by atoms with E-state index in [4.69, 9.17) is 5.73 Å². The molecule has 2 heterocycles. The molecule has 4 heteroatoms. The monoisotopic (exact) mass is 211 g/mol. The van der Waals surface area contributed by atoms with Crippen molar-refractivity contribution in [2.75, 3.05) is 18.1 Å². The largest absolute Gasteiger partial charge is 0.331 e. The molecule has 1 fully saturated rings. The minimum atomic E-state index is 0.651. The molecule has 1 aliphatic rings. The summed E-state index contributed by atoms with van der Waals surface area (Å²) in [5.74, 6) is 2.55. The highest BCUT2D eigenvalue weighted by molar-refractivity contribution is 7.99. The standard InChI is InChI=1S/C10H17N3S/c11-4-3-9-6-12-8-13(9)10-2-1-5-14-7-10/h6,8,10H,1-5,7,11H2. The molecule has 0 aromatic carbocycles. The van der Waals surface area contributed by atoms with E-state index in [9.17, 15) is 0 Å². The van der Waals surface area contributed by atoms with Gasteiger partial charge in [-0.2, -0.15) is 11.8 Å². The van der Waals surface area contributed by atoms with Crippen LogP contribution in [0.25, 0.3) is 0 Å². The molecule has 0 saturated carbocycles. The Kier molecular flexibility index (Phi) is 3.48. The van der Waals surface area contributed by atoms with Crippen molar-refractivity contribution in [1.82, 2.24) is 9.55 Å². The summed E-state index contributed by atoms with van der Waals surface area (Å²) in [4.78, 5) is 4.21. The Hall–Kier alpha value is -0.480. The number of hydrogen-bond acceptors (Lipinski definition) is 3. The van der Waals surface area contributed by atoms with E-state index in [-0.39, 0.29) is 0 Å². The van der Waals surface area contributed by atoms with Crippen LogP contribution in [0.3, 0.4) is 0 Å². The van der Waals surface area contributed by atoms with E-state index in [2.05, 4.69) is 9.55 Å². The second-order valence-electron chi connectivity index (χ2n) is 3.70.